The summed E-state index contributed by atoms with van der Waals surface area (Å²) in [5.74, 6) is 0. The average Bonchev–Trinajstić information content (AvgIpc) is 2.57. The molecule has 0 radical (unpaired) electrons. The van der Waals surface area contributed by atoms with Crippen molar-refractivity contribution in [3.63, 3.8) is 0 Å². The summed E-state index contributed by atoms with van der Waals surface area (Å²) >= 11 is 0. The van der Waals surface area contributed by atoms with Crippen LogP contribution in [0.2, 0.25) is 0 Å². The van der Waals surface area contributed by atoms with Gasteiger partial charge < -0.3 is 5.32 Å². The molecule has 3 aromatic carbocycles. The summed E-state index contributed by atoms with van der Waals surface area (Å²) in [6.45, 7) is 0. The van der Waals surface area contributed by atoms with Crippen LogP contribution in [-0.2, 0) is 0 Å². The molecule has 3 aromatic rings. The lowest BCUT2D eigenvalue weighted by Crippen LogP contribution is -1.93. The van der Waals surface area contributed by atoms with Crippen LogP contribution in [0.5, 0.6) is 0 Å². The number of para-hydroxylation sites is 1. The highest BCUT2D eigenvalue weighted by Crippen LogP contribution is 2.29. The summed E-state index contributed by atoms with van der Waals surface area (Å²) in [4.78, 5) is 0. The molecule has 2 nitrogen and oxygen atoms in total. The molecule has 0 aliphatic heterocycles. The van der Waals surface area contributed by atoms with Crippen LogP contribution in [0.15, 0.2) is 78.9 Å². The van der Waals surface area contributed by atoms with E-state index in [-0.39, 0.29) is 0 Å². The van der Waals surface area contributed by atoms with Gasteiger partial charge in [0.1, 0.15) is 0 Å². The SMILES string of the molecule is N#Cc1ccc(Nc2ccccc2-c2ccccc2)cc1. The first-order chi connectivity index (χ1) is 10.4. The molecule has 3 rings (SSSR count). The molecule has 0 fully saturated rings. The molecule has 2 heteroatoms. The van der Waals surface area contributed by atoms with E-state index in [1.807, 2.05) is 54.6 Å². The predicted octanol–water partition coefficient (Wildman–Crippen LogP) is 4.97. The van der Waals surface area contributed by atoms with Crippen molar-refractivity contribution in [2.75, 3.05) is 5.32 Å². The third kappa shape index (κ3) is 2.93. The Morgan fingerprint density at radius 3 is 2.10 bits per heavy atom. The van der Waals surface area contributed by atoms with Gasteiger partial charge in [-0.25, -0.2) is 0 Å². The van der Waals surface area contributed by atoms with Crippen molar-refractivity contribution in [3.05, 3.63) is 84.4 Å². The second kappa shape index (κ2) is 5.94. The summed E-state index contributed by atoms with van der Waals surface area (Å²) in [6, 6.07) is 28.1. The van der Waals surface area contributed by atoms with Crippen molar-refractivity contribution >= 4 is 11.4 Å². The molecule has 100 valence electrons. The first-order valence-corrected chi connectivity index (χ1v) is 6.78. The minimum absolute atomic E-state index is 0.664. The Morgan fingerprint density at radius 2 is 1.38 bits per heavy atom. The van der Waals surface area contributed by atoms with Gasteiger partial charge >= 0.3 is 0 Å². The molecule has 0 aliphatic rings. The number of hydrogen-bond acceptors (Lipinski definition) is 2. The van der Waals surface area contributed by atoms with Crippen molar-refractivity contribution in [2.45, 2.75) is 0 Å². The summed E-state index contributed by atoms with van der Waals surface area (Å²) in [5, 5.41) is 12.3. The van der Waals surface area contributed by atoms with Gasteiger partial charge in [0.15, 0.2) is 0 Å². The van der Waals surface area contributed by atoms with Crippen LogP contribution in [0, 0.1) is 11.3 Å². The zero-order valence-electron chi connectivity index (χ0n) is 11.5. The summed E-state index contributed by atoms with van der Waals surface area (Å²) in [6.07, 6.45) is 0. The molecular formula is C19H14N2. The lowest BCUT2D eigenvalue weighted by Gasteiger charge is -2.12. The molecule has 0 saturated heterocycles. The smallest absolute Gasteiger partial charge is 0.0991 e. The third-order valence-corrected chi connectivity index (χ3v) is 3.30. The van der Waals surface area contributed by atoms with E-state index in [2.05, 4.69) is 35.7 Å². The van der Waals surface area contributed by atoms with E-state index in [4.69, 9.17) is 5.26 Å². The maximum Gasteiger partial charge on any atom is 0.0991 e. The summed E-state index contributed by atoms with van der Waals surface area (Å²) < 4.78 is 0. The molecule has 0 spiro atoms. The quantitative estimate of drug-likeness (QED) is 0.729. The largest absolute Gasteiger partial charge is 0.355 e. The molecule has 0 heterocycles. The number of anilines is 2. The lowest BCUT2D eigenvalue weighted by atomic mass is 10.0. The van der Waals surface area contributed by atoms with Gasteiger partial charge in [0.05, 0.1) is 11.6 Å². The Labute approximate surface area is 124 Å². The second-order valence-corrected chi connectivity index (χ2v) is 4.73. The topological polar surface area (TPSA) is 35.8 Å². The van der Waals surface area contributed by atoms with E-state index < -0.39 is 0 Å². The van der Waals surface area contributed by atoms with Gasteiger partial charge in [0.25, 0.3) is 0 Å². The Kier molecular flexibility index (Phi) is 3.66. The molecule has 21 heavy (non-hydrogen) atoms. The van der Waals surface area contributed by atoms with Gasteiger partial charge in [-0.05, 0) is 35.9 Å². The van der Waals surface area contributed by atoms with Gasteiger partial charge in [0, 0.05) is 16.9 Å². The van der Waals surface area contributed by atoms with Crippen LogP contribution in [0.3, 0.4) is 0 Å². The van der Waals surface area contributed by atoms with E-state index in [1.54, 1.807) is 0 Å². The van der Waals surface area contributed by atoms with Crippen LogP contribution in [-0.4, -0.2) is 0 Å². The van der Waals surface area contributed by atoms with E-state index >= 15 is 0 Å². The number of rotatable bonds is 3. The van der Waals surface area contributed by atoms with Crippen molar-refractivity contribution < 1.29 is 0 Å². The highest BCUT2D eigenvalue weighted by atomic mass is 14.9. The number of hydrogen-bond donors (Lipinski definition) is 1. The van der Waals surface area contributed by atoms with Crippen LogP contribution >= 0.6 is 0 Å². The molecule has 0 saturated carbocycles. The highest BCUT2D eigenvalue weighted by molar-refractivity contribution is 5.80. The number of nitrogens with zero attached hydrogens (tertiary/aromatic N) is 1. The van der Waals surface area contributed by atoms with E-state index in [0.29, 0.717) is 5.56 Å². The van der Waals surface area contributed by atoms with Gasteiger partial charge in [0.2, 0.25) is 0 Å². The molecule has 0 atom stereocenters. The Hall–Kier alpha value is -3.05. The Morgan fingerprint density at radius 1 is 0.714 bits per heavy atom. The molecule has 0 bridgehead atoms. The van der Waals surface area contributed by atoms with E-state index in [0.717, 1.165) is 16.9 Å². The number of benzene rings is 3. The average molecular weight is 270 g/mol. The predicted molar refractivity (Wildman–Crippen MR) is 86.3 cm³/mol. The molecule has 0 amide bonds. The molecular weight excluding hydrogens is 256 g/mol. The maximum absolute atomic E-state index is 8.84. The van der Waals surface area contributed by atoms with Gasteiger partial charge in [-0.3, -0.25) is 0 Å². The van der Waals surface area contributed by atoms with Crippen molar-refractivity contribution in [3.8, 4) is 17.2 Å². The zero-order chi connectivity index (χ0) is 14.5. The minimum Gasteiger partial charge on any atom is -0.355 e. The summed E-state index contributed by atoms with van der Waals surface area (Å²) in [5.41, 5.74) is 5.01. The number of nitrogens with one attached hydrogen (secondary N) is 1. The highest BCUT2D eigenvalue weighted by Gasteiger charge is 2.04. The first-order valence-electron chi connectivity index (χ1n) is 6.78. The Balaban J connectivity index is 1.94. The summed E-state index contributed by atoms with van der Waals surface area (Å²) in [7, 11) is 0. The van der Waals surface area contributed by atoms with Crippen LogP contribution in [0.4, 0.5) is 11.4 Å². The molecule has 0 aliphatic carbocycles. The number of nitriles is 1. The molecule has 1 N–H and O–H groups in total. The van der Waals surface area contributed by atoms with Gasteiger partial charge in [-0.1, -0.05) is 48.5 Å². The van der Waals surface area contributed by atoms with Crippen molar-refractivity contribution in [2.24, 2.45) is 0 Å². The second-order valence-electron chi connectivity index (χ2n) is 4.73. The minimum atomic E-state index is 0.664. The van der Waals surface area contributed by atoms with Gasteiger partial charge in [-0.2, -0.15) is 5.26 Å². The first kappa shape index (κ1) is 13.0. The van der Waals surface area contributed by atoms with Crippen molar-refractivity contribution in [1.82, 2.24) is 0 Å². The van der Waals surface area contributed by atoms with Gasteiger partial charge in [-0.15, -0.1) is 0 Å². The van der Waals surface area contributed by atoms with E-state index in [1.165, 1.54) is 5.56 Å². The normalized spacial score (nSPS) is 9.86. The van der Waals surface area contributed by atoms with Crippen LogP contribution < -0.4 is 5.32 Å². The fourth-order valence-corrected chi connectivity index (χ4v) is 2.25. The monoisotopic (exact) mass is 270 g/mol. The maximum atomic E-state index is 8.84. The fraction of sp³-hybridized carbons (Fsp3) is 0. The third-order valence-electron chi connectivity index (χ3n) is 3.30. The van der Waals surface area contributed by atoms with E-state index in [9.17, 15) is 0 Å². The zero-order valence-corrected chi connectivity index (χ0v) is 11.5. The van der Waals surface area contributed by atoms with Crippen LogP contribution in [0.1, 0.15) is 5.56 Å². The standard InChI is InChI=1S/C19H14N2/c20-14-15-10-12-17(13-11-15)21-19-9-5-4-8-18(19)16-6-2-1-3-7-16/h1-13,21H. The van der Waals surface area contributed by atoms with Crippen molar-refractivity contribution in [1.29, 1.82) is 5.26 Å². The fourth-order valence-electron chi connectivity index (χ4n) is 2.25. The molecule has 0 unspecified atom stereocenters. The Bertz CT molecular complexity index is 769. The lowest BCUT2D eigenvalue weighted by molar-refractivity contribution is 1.47. The molecule has 0 aromatic heterocycles. The van der Waals surface area contributed by atoms with Crippen LogP contribution in [0.25, 0.3) is 11.1 Å².